The van der Waals surface area contributed by atoms with Crippen molar-refractivity contribution in [2.75, 3.05) is 6.54 Å². The number of carbonyl (C=O) groups excluding carboxylic acids is 1. The Morgan fingerprint density at radius 1 is 1.50 bits per heavy atom. The van der Waals surface area contributed by atoms with Gasteiger partial charge in [0.2, 0.25) is 5.91 Å². The van der Waals surface area contributed by atoms with Gasteiger partial charge in [-0.2, -0.15) is 0 Å². The molecular formula is C13H17FN2OS. The summed E-state index contributed by atoms with van der Waals surface area (Å²) in [6, 6.07) is 6.03. The highest BCUT2D eigenvalue weighted by atomic mass is 32.1. The van der Waals surface area contributed by atoms with Crippen LogP contribution >= 0.6 is 12.2 Å². The Balaban J connectivity index is 2.75. The zero-order valence-electron chi connectivity index (χ0n) is 10.5. The molecule has 5 heteroatoms. The van der Waals surface area contributed by atoms with Gasteiger partial charge in [0.15, 0.2) is 0 Å². The number of thiocarbonyl (C=S) groups is 1. The lowest BCUT2D eigenvalue weighted by atomic mass is 10.1. The standard InChI is InChI=1S/C13H17FN2OS/c1-9(2)16(8-12(15)18)13(17)7-10-4-3-5-11(14)6-10/h3-6,9H,7-8H2,1-2H3,(H2,15,18). The fraction of sp³-hybridized carbons (Fsp3) is 0.385. The van der Waals surface area contributed by atoms with Crippen LogP contribution in [0.25, 0.3) is 0 Å². The molecule has 0 aliphatic heterocycles. The van der Waals surface area contributed by atoms with Gasteiger partial charge in [-0.3, -0.25) is 4.79 Å². The molecule has 1 aromatic carbocycles. The predicted molar refractivity (Wildman–Crippen MR) is 73.7 cm³/mol. The molecule has 2 N–H and O–H groups in total. The first-order valence-electron chi connectivity index (χ1n) is 5.72. The summed E-state index contributed by atoms with van der Waals surface area (Å²) in [5.41, 5.74) is 6.11. The van der Waals surface area contributed by atoms with Crippen LogP contribution in [0.3, 0.4) is 0 Å². The van der Waals surface area contributed by atoms with Crippen LogP contribution in [0.4, 0.5) is 4.39 Å². The summed E-state index contributed by atoms with van der Waals surface area (Å²) in [7, 11) is 0. The molecule has 98 valence electrons. The smallest absolute Gasteiger partial charge is 0.227 e. The second-order valence-electron chi connectivity index (χ2n) is 4.39. The molecule has 3 nitrogen and oxygen atoms in total. The molecule has 18 heavy (non-hydrogen) atoms. The lowest BCUT2D eigenvalue weighted by Crippen LogP contribution is -2.42. The molecule has 0 saturated carbocycles. The van der Waals surface area contributed by atoms with Gasteiger partial charge in [0.1, 0.15) is 5.82 Å². The van der Waals surface area contributed by atoms with E-state index in [9.17, 15) is 9.18 Å². The molecule has 0 heterocycles. The number of rotatable bonds is 5. The number of carbonyl (C=O) groups is 1. The normalized spacial score (nSPS) is 10.4. The maximum atomic E-state index is 13.0. The highest BCUT2D eigenvalue weighted by molar-refractivity contribution is 7.80. The van der Waals surface area contributed by atoms with Crippen LogP contribution in [0.2, 0.25) is 0 Å². The highest BCUT2D eigenvalue weighted by Crippen LogP contribution is 2.08. The number of amides is 1. The Hall–Kier alpha value is -1.49. The third-order valence-corrected chi connectivity index (χ3v) is 2.64. The van der Waals surface area contributed by atoms with Crippen molar-refractivity contribution in [3.05, 3.63) is 35.6 Å². The first-order chi connectivity index (χ1) is 8.40. The molecule has 0 aliphatic carbocycles. The van der Waals surface area contributed by atoms with Crippen LogP contribution < -0.4 is 5.73 Å². The lowest BCUT2D eigenvalue weighted by Gasteiger charge is -2.26. The van der Waals surface area contributed by atoms with Gasteiger partial charge in [0, 0.05) is 6.04 Å². The minimum atomic E-state index is -0.342. The first kappa shape index (κ1) is 14.6. The van der Waals surface area contributed by atoms with E-state index in [1.807, 2.05) is 13.8 Å². The van der Waals surface area contributed by atoms with Crippen LogP contribution in [0.5, 0.6) is 0 Å². The van der Waals surface area contributed by atoms with Gasteiger partial charge in [-0.15, -0.1) is 0 Å². The van der Waals surface area contributed by atoms with E-state index in [0.29, 0.717) is 5.56 Å². The van der Waals surface area contributed by atoms with Gasteiger partial charge in [0.05, 0.1) is 18.0 Å². The Morgan fingerprint density at radius 2 is 2.17 bits per heavy atom. The van der Waals surface area contributed by atoms with Crippen molar-refractivity contribution in [2.24, 2.45) is 5.73 Å². The van der Waals surface area contributed by atoms with E-state index in [4.69, 9.17) is 18.0 Å². The van der Waals surface area contributed by atoms with Crippen molar-refractivity contribution in [1.29, 1.82) is 0 Å². The van der Waals surface area contributed by atoms with Crippen LogP contribution in [0.15, 0.2) is 24.3 Å². The first-order valence-corrected chi connectivity index (χ1v) is 6.13. The number of hydrogen-bond acceptors (Lipinski definition) is 2. The van der Waals surface area contributed by atoms with Gasteiger partial charge in [-0.1, -0.05) is 24.4 Å². The molecule has 1 rings (SSSR count). The summed E-state index contributed by atoms with van der Waals surface area (Å²) in [6.45, 7) is 4.03. The fourth-order valence-electron chi connectivity index (χ4n) is 1.65. The number of nitrogens with two attached hydrogens (primary N) is 1. The zero-order valence-corrected chi connectivity index (χ0v) is 11.3. The molecule has 0 unspecified atom stereocenters. The number of halogens is 1. The zero-order chi connectivity index (χ0) is 13.7. The number of nitrogens with zero attached hydrogens (tertiary/aromatic N) is 1. The van der Waals surface area contributed by atoms with E-state index < -0.39 is 0 Å². The summed E-state index contributed by atoms with van der Waals surface area (Å²) in [6.07, 6.45) is 0.151. The average Bonchev–Trinajstić information content (AvgIpc) is 2.25. The Kier molecular flexibility index (Phi) is 5.22. The fourth-order valence-corrected chi connectivity index (χ4v) is 1.79. The SMILES string of the molecule is CC(C)N(CC(N)=S)C(=O)Cc1cccc(F)c1. The number of hydrogen-bond donors (Lipinski definition) is 1. The minimum Gasteiger partial charge on any atom is -0.392 e. The quantitative estimate of drug-likeness (QED) is 0.830. The molecule has 1 aromatic rings. The third kappa shape index (κ3) is 4.41. The van der Waals surface area contributed by atoms with Gasteiger partial charge >= 0.3 is 0 Å². The number of benzene rings is 1. The van der Waals surface area contributed by atoms with Gasteiger partial charge < -0.3 is 10.6 Å². The molecule has 0 radical (unpaired) electrons. The van der Waals surface area contributed by atoms with E-state index in [-0.39, 0.29) is 35.7 Å². The third-order valence-electron chi connectivity index (χ3n) is 2.51. The summed E-state index contributed by atoms with van der Waals surface area (Å²) in [4.78, 5) is 14.0. The van der Waals surface area contributed by atoms with Gasteiger partial charge in [0.25, 0.3) is 0 Å². The van der Waals surface area contributed by atoms with Crippen molar-refractivity contribution < 1.29 is 9.18 Å². The molecule has 0 aromatic heterocycles. The van der Waals surface area contributed by atoms with Crippen molar-refractivity contribution >= 4 is 23.1 Å². The molecule has 0 spiro atoms. The van der Waals surface area contributed by atoms with E-state index in [2.05, 4.69) is 0 Å². The lowest BCUT2D eigenvalue weighted by molar-refractivity contribution is -0.131. The Morgan fingerprint density at radius 3 is 2.67 bits per heavy atom. The van der Waals surface area contributed by atoms with Crippen molar-refractivity contribution in [3.63, 3.8) is 0 Å². The largest absolute Gasteiger partial charge is 0.392 e. The van der Waals surface area contributed by atoms with E-state index in [1.165, 1.54) is 12.1 Å². The average molecular weight is 268 g/mol. The van der Waals surface area contributed by atoms with Crippen LogP contribution in [0.1, 0.15) is 19.4 Å². The molecule has 0 atom stereocenters. The maximum absolute atomic E-state index is 13.0. The minimum absolute atomic E-state index is 0.00700. The van der Waals surface area contributed by atoms with Gasteiger partial charge in [-0.25, -0.2) is 4.39 Å². The summed E-state index contributed by atoms with van der Waals surface area (Å²) < 4.78 is 13.0. The molecule has 0 saturated heterocycles. The van der Waals surface area contributed by atoms with Crippen LogP contribution in [0, 0.1) is 5.82 Å². The molecule has 0 fully saturated rings. The molecule has 0 aliphatic rings. The summed E-state index contributed by atoms with van der Waals surface area (Å²) >= 11 is 4.82. The molecular weight excluding hydrogens is 251 g/mol. The Bertz CT molecular complexity index is 448. The van der Waals surface area contributed by atoms with E-state index in [1.54, 1.807) is 17.0 Å². The van der Waals surface area contributed by atoms with Crippen LogP contribution in [-0.4, -0.2) is 28.4 Å². The Labute approximate surface area is 112 Å². The second kappa shape index (κ2) is 6.44. The molecule has 1 amide bonds. The van der Waals surface area contributed by atoms with E-state index >= 15 is 0 Å². The summed E-state index contributed by atoms with van der Waals surface area (Å²) in [5.74, 6) is -0.450. The van der Waals surface area contributed by atoms with E-state index in [0.717, 1.165) is 0 Å². The summed E-state index contributed by atoms with van der Waals surface area (Å²) in [5, 5.41) is 0. The maximum Gasteiger partial charge on any atom is 0.227 e. The van der Waals surface area contributed by atoms with Gasteiger partial charge in [-0.05, 0) is 31.5 Å². The van der Waals surface area contributed by atoms with Crippen LogP contribution in [-0.2, 0) is 11.2 Å². The van der Waals surface area contributed by atoms with Crippen molar-refractivity contribution in [2.45, 2.75) is 26.3 Å². The molecule has 0 bridgehead atoms. The van der Waals surface area contributed by atoms with Crippen molar-refractivity contribution in [3.8, 4) is 0 Å². The van der Waals surface area contributed by atoms with Crippen molar-refractivity contribution in [1.82, 2.24) is 4.90 Å². The highest BCUT2D eigenvalue weighted by Gasteiger charge is 2.17. The predicted octanol–water partition coefficient (Wildman–Crippen LogP) is 1.89. The monoisotopic (exact) mass is 268 g/mol. The topological polar surface area (TPSA) is 46.3 Å². The second-order valence-corrected chi connectivity index (χ2v) is 4.91.